The van der Waals surface area contributed by atoms with Gasteiger partial charge in [-0.2, -0.15) is 5.10 Å². The van der Waals surface area contributed by atoms with E-state index in [9.17, 15) is 4.79 Å². The summed E-state index contributed by atoms with van der Waals surface area (Å²) in [6.45, 7) is 0. The molecular formula is C15H16ClN3O. The lowest BCUT2D eigenvalue weighted by Crippen LogP contribution is -2.16. The second-order valence-corrected chi connectivity index (χ2v) is 5.50. The summed E-state index contributed by atoms with van der Waals surface area (Å²) < 4.78 is 1.77. The Morgan fingerprint density at radius 3 is 2.70 bits per heavy atom. The standard InChI is InChI=1S/C15H16ClN3O/c1-19-14(12-4-2-3-5-13(12)18-19)17-15(20)10-6-8-11(16)9-7-10/h6-9H,2-5H2,1H3,(H,17,20). The predicted octanol–water partition coefficient (Wildman–Crippen LogP) is 3.20. The Kier molecular flexibility index (Phi) is 3.49. The Morgan fingerprint density at radius 1 is 1.25 bits per heavy atom. The molecule has 0 spiro atoms. The number of aromatic nitrogens is 2. The maximum Gasteiger partial charge on any atom is 0.256 e. The summed E-state index contributed by atoms with van der Waals surface area (Å²) in [5, 5.41) is 8.09. The van der Waals surface area contributed by atoms with Gasteiger partial charge in [0.25, 0.3) is 5.91 Å². The topological polar surface area (TPSA) is 46.9 Å². The molecule has 104 valence electrons. The van der Waals surface area contributed by atoms with Crippen LogP contribution in [0, 0.1) is 0 Å². The predicted molar refractivity (Wildman–Crippen MR) is 79.3 cm³/mol. The van der Waals surface area contributed by atoms with Crippen molar-refractivity contribution in [3.05, 3.63) is 46.1 Å². The first-order chi connectivity index (χ1) is 9.65. The van der Waals surface area contributed by atoms with Crippen molar-refractivity contribution in [2.75, 3.05) is 5.32 Å². The van der Waals surface area contributed by atoms with Gasteiger partial charge in [-0.15, -0.1) is 0 Å². The van der Waals surface area contributed by atoms with E-state index in [0.717, 1.165) is 30.8 Å². The zero-order valence-electron chi connectivity index (χ0n) is 11.3. The highest BCUT2D eigenvalue weighted by Gasteiger charge is 2.20. The fourth-order valence-electron chi connectivity index (χ4n) is 2.62. The van der Waals surface area contributed by atoms with E-state index < -0.39 is 0 Å². The third-order valence-electron chi connectivity index (χ3n) is 3.66. The zero-order chi connectivity index (χ0) is 14.1. The van der Waals surface area contributed by atoms with Crippen LogP contribution in [-0.2, 0) is 19.9 Å². The Morgan fingerprint density at radius 2 is 1.95 bits per heavy atom. The van der Waals surface area contributed by atoms with Gasteiger partial charge in [0.1, 0.15) is 5.82 Å². The van der Waals surface area contributed by atoms with Crippen LogP contribution >= 0.6 is 11.6 Å². The van der Waals surface area contributed by atoms with Gasteiger partial charge in [0, 0.05) is 23.2 Å². The van der Waals surface area contributed by atoms with E-state index >= 15 is 0 Å². The van der Waals surface area contributed by atoms with Crippen molar-refractivity contribution in [3.63, 3.8) is 0 Å². The lowest BCUT2D eigenvalue weighted by Gasteiger charge is -2.12. The average molecular weight is 290 g/mol. The van der Waals surface area contributed by atoms with Gasteiger partial charge in [-0.3, -0.25) is 9.48 Å². The molecule has 2 aromatic rings. The molecule has 1 aliphatic carbocycles. The first kappa shape index (κ1) is 13.2. The summed E-state index contributed by atoms with van der Waals surface area (Å²) in [5.74, 6) is 0.692. The fraction of sp³-hybridized carbons (Fsp3) is 0.333. The lowest BCUT2D eigenvalue weighted by atomic mass is 9.97. The maximum atomic E-state index is 12.3. The van der Waals surface area contributed by atoms with Gasteiger partial charge in [-0.1, -0.05) is 11.6 Å². The van der Waals surface area contributed by atoms with E-state index in [1.165, 1.54) is 12.0 Å². The summed E-state index contributed by atoms with van der Waals surface area (Å²) in [6, 6.07) is 6.88. The van der Waals surface area contributed by atoms with Crippen molar-refractivity contribution in [2.45, 2.75) is 25.7 Å². The fourth-order valence-corrected chi connectivity index (χ4v) is 2.74. The van der Waals surface area contributed by atoms with E-state index in [0.29, 0.717) is 10.6 Å². The highest BCUT2D eigenvalue weighted by molar-refractivity contribution is 6.30. The Bertz CT molecular complexity index is 646. The van der Waals surface area contributed by atoms with Crippen LogP contribution in [0.25, 0.3) is 0 Å². The minimum absolute atomic E-state index is 0.127. The number of fused-ring (bicyclic) bond motifs is 1. The van der Waals surface area contributed by atoms with Gasteiger partial charge in [0.05, 0.1) is 5.69 Å². The van der Waals surface area contributed by atoms with Crippen LogP contribution in [0.1, 0.15) is 34.5 Å². The third kappa shape index (κ3) is 2.43. The lowest BCUT2D eigenvalue weighted by molar-refractivity contribution is 0.102. The molecule has 3 rings (SSSR count). The van der Waals surface area contributed by atoms with Crippen molar-refractivity contribution in [1.29, 1.82) is 0 Å². The highest BCUT2D eigenvalue weighted by Crippen LogP contribution is 2.27. The van der Waals surface area contributed by atoms with Crippen LogP contribution in [-0.4, -0.2) is 15.7 Å². The van der Waals surface area contributed by atoms with Crippen LogP contribution in [0.5, 0.6) is 0 Å². The molecule has 5 heteroatoms. The number of nitrogens with one attached hydrogen (secondary N) is 1. The largest absolute Gasteiger partial charge is 0.307 e. The third-order valence-corrected chi connectivity index (χ3v) is 3.91. The molecule has 1 aromatic carbocycles. The van der Waals surface area contributed by atoms with E-state index in [-0.39, 0.29) is 5.91 Å². The van der Waals surface area contributed by atoms with E-state index in [4.69, 9.17) is 11.6 Å². The molecule has 1 amide bonds. The molecule has 0 atom stereocenters. The van der Waals surface area contributed by atoms with Crippen molar-refractivity contribution in [3.8, 4) is 0 Å². The molecule has 0 bridgehead atoms. The summed E-state index contributed by atoms with van der Waals surface area (Å²) >= 11 is 5.83. The molecule has 0 unspecified atom stereocenters. The number of carbonyl (C=O) groups excluding carboxylic acids is 1. The summed E-state index contributed by atoms with van der Waals surface area (Å²) in [4.78, 5) is 12.3. The number of carbonyl (C=O) groups is 1. The molecule has 1 N–H and O–H groups in total. The number of aryl methyl sites for hydroxylation is 2. The first-order valence-electron chi connectivity index (χ1n) is 6.77. The maximum absolute atomic E-state index is 12.3. The van der Waals surface area contributed by atoms with Crippen molar-refractivity contribution < 1.29 is 4.79 Å². The number of nitrogens with zero attached hydrogens (tertiary/aromatic N) is 2. The Labute approximate surface area is 122 Å². The quantitative estimate of drug-likeness (QED) is 0.923. The van der Waals surface area contributed by atoms with Crippen LogP contribution in [0.2, 0.25) is 5.02 Å². The van der Waals surface area contributed by atoms with E-state index in [1.807, 2.05) is 7.05 Å². The SMILES string of the molecule is Cn1nc2c(c1NC(=O)c1ccc(Cl)cc1)CCCC2. The molecule has 0 saturated heterocycles. The monoisotopic (exact) mass is 289 g/mol. The van der Waals surface area contributed by atoms with Crippen molar-refractivity contribution >= 4 is 23.3 Å². The number of rotatable bonds is 2. The van der Waals surface area contributed by atoms with Crippen LogP contribution in [0.4, 0.5) is 5.82 Å². The van der Waals surface area contributed by atoms with Gasteiger partial charge >= 0.3 is 0 Å². The molecule has 20 heavy (non-hydrogen) atoms. The van der Waals surface area contributed by atoms with Gasteiger partial charge in [-0.05, 0) is 49.9 Å². The average Bonchev–Trinajstić information content (AvgIpc) is 2.76. The van der Waals surface area contributed by atoms with E-state index in [2.05, 4.69) is 10.4 Å². The number of hydrogen-bond donors (Lipinski definition) is 1. The number of amides is 1. The second-order valence-electron chi connectivity index (χ2n) is 5.07. The van der Waals surface area contributed by atoms with Crippen molar-refractivity contribution in [2.24, 2.45) is 7.05 Å². The number of anilines is 1. The molecular weight excluding hydrogens is 274 g/mol. The normalized spacial score (nSPS) is 13.9. The van der Waals surface area contributed by atoms with Crippen molar-refractivity contribution in [1.82, 2.24) is 9.78 Å². The van der Waals surface area contributed by atoms with Gasteiger partial charge in [0.2, 0.25) is 0 Å². The minimum atomic E-state index is -0.127. The van der Waals surface area contributed by atoms with Crippen LogP contribution in [0.15, 0.2) is 24.3 Å². The molecule has 1 aliphatic rings. The molecule has 0 radical (unpaired) electrons. The summed E-state index contributed by atoms with van der Waals surface area (Å²) in [7, 11) is 1.87. The summed E-state index contributed by atoms with van der Waals surface area (Å²) in [5.41, 5.74) is 2.89. The molecule has 1 aromatic heterocycles. The molecule has 4 nitrogen and oxygen atoms in total. The Balaban J connectivity index is 1.86. The Hall–Kier alpha value is -1.81. The number of benzene rings is 1. The van der Waals surface area contributed by atoms with Gasteiger partial charge in [-0.25, -0.2) is 0 Å². The number of hydrogen-bond acceptors (Lipinski definition) is 2. The first-order valence-corrected chi connectivity index (χ1v) is 7.14. The minimum Gasteiger partial charge on any atom is -0.307 e. The highest BCUT2D eigenvalue weighted by atomic mass is 35.5. The molecule has 0 saturated carbocycles. The second kappa shape index (κ2) is 5.29. The van der Waals surface area contributed by atoms with Gasteiger partial charge in [0.15, 0.2) is 0 Å². The molecule has 1 heterocycles. The van der Waals surface area contributed by atoms with Crippen LogP contribution < -0.4 is 5.32 Å². The van der Waals surface area contributed by atoms with Crippen LogP contribution in [0.3, 0.4) is 0 Å². The molecule has 0 aliphatic heterocycles. The van der Waals surface area contributed by atoms with E-state index in [1.54, 1.807) is 28.9 Å². The zero-order valence-corrected chi connectivity index (χ0v) is 12.1. The summed E-state index contributed by atoms with van der Waals surface area (Å²) in [6.07, 6.45) is 4.32. The smallest absolute Gasteiger partial charge is 0.256 e. The molecule has 0 fully saturated rings. The number of halogens is 1. The van der Waals surface area contributed by atoms with Gasteiger partial charge < -0.3 is 5.32 Å².